The van der Waals surface area contributed by atoms with Gasteiger partial charge < -0.3 is 9.42 Å². The normalized spacial score (nSPS) is 17.0. The van der Waals surface area contributed by atoms with Crippen LogP contribution in [0.4, 0.5) is 5.69 Å². The molecular formula is C21H20ClN3O2. The number of carbonyl (C=O) groups excluding carboxylic acids is 1. The molecule has 2 heterocycles. The molecule has 1 aliphatic rings. The van der Waals surface area contributed by atoms with Gasteiger partial charge in [0.1, 0.15) is 0 Å². The Morgan fingerprint density at radius 3 is 2.63 bits per heavy atom. The second-order valence-corrected chi connectivity index (χ2v) is 7.50. The van der Waals surface area contributed by atoms with Crippen LogP contribution in [0.2, 0.25) is 5.02 Å². The van der Waals surface area contributed by atoms with Gasteiger partial charge >= 0.3 is 0 Å². The SMILES string of the molecule is Cc1ccc(-c2nc(C3CC(=O)N(c4ccc(Cl)c(C)c4)C3)no2)cc1C. The zero-order valence-corrected chi connectivity index (χ0v) is 16.2. The van der Waals surface area contributed by atoms with Crippen LogP contribution in [-0.2, 0) is 4.79 Å². The zero-order chi connectivity index (χ0) is 19.1. The molecule has 6 heteroatoms. The van der Waals surface area contributed by atoms with Crippen molar-refractivity contribution in [2.75, 3.05) is 11.4 Å². The van der Waals surface area contributed by atoms with Crippen molar-refractivity contribution in [2.24, 2.45) is 0 Å². The summed E-state index contributed by atoms with van der Waals surface area (Å²) in [6.45, 7) is 6.58. The number of hydrogen-bond acceptors (Lipinski definition) is 4. The average Bonchev–Trinajstić information content (AvgIpc) is 3.27. The van der Waals surface area contributed by atoms with E-state index in [0.29, 0.717) is 29.7 Å². The van der Waals surface area contributed by atoms with Crippen molar-refractivity contribution in [1.29, 1.82) is 0 Å². The highest BCUT2D eigenvalue weighted by Crippen LogP contribution is 2.33. The summed E-state index contributed by atoms with van der Waals surface area (Å²) < 4.78 is 5.46. The van der Waals surface area contributed by atoms with Crippen LogP contribution in [0.1, 0.15) is 34.9 Å². The first-order valence-corrected chi connectivity index (χ1v) is 9.28. The number of aromatic nitrogens is 2. The van der Waals surface area contributed by atoms with Crippen LogP contribution in [0.15, 0.2) is 40.9 Å². The van der Waals surface area contributed by atoms with Crippen LogP contribution in [0, 0.1) is 20.8 Å². The number of aryl methyl sites for hydroxylation is 3. The Balaban J connectivity index is 1.56. The number of hydrogen-bond donors (Lipinski definition) is 0. The van der Waals surface area contributed by atoms with Crippen LogP contribution < -0.4 is 4.90 Å². The van der Waals surface area contributed by atoms with Gasteiger partial charge in [-0.25, -0.2) is 0 Å². The molecule has 0 bridgehead atoms. The van der Waals surface area contributed by atoms with Crippen LogP contribution >= 0.6 is 11.6 Å². The maximum absolute atomic E-state index is 12.5. The van der Waals surface area contributed by atoms with Gasteiger partial charge in [-0.15, -0.1) is 0 Å². The summed E-state index contributed by atoms with van der Waals surface area (Å²) in [4.78, 5) is 18.8. The number of halogens is 1. The third-order valence-electron chi connectivity index (χ3n) is 5.14. The van der Waals surface area contributed by atoms with Crippen LogP contribution in [0.5, 0.6) is 0 Å². The highest BCUT2D eigenvalue weighted by molar-refractivity contribution is 6.31. The smallest absolute Gasteiger partial charge is 0.257 e. The van der Waals surface area contributed by atoms with Gasteiger partial charge in [-0.3, -0.25) is 4.79 Å². The minimum Gasteiger partial charge on any atom is -0.334 e. The largest absolute Gasteiger partial charge is 0.334 e. The fraction of sp³-hybridized carbons (Fsp3) is 0.286. The average molecular weight is 382 g/mol. The molecule has 0 radical (unpaired) electrons. The first-order valence-electron chi connectivity index (χ1n) is 8.90. The molecule has 27 heavy (non-hydrogen) atoms. The molecule has 138 valence electrons. The lowest BCUT2D eigenvalue weighted by Gasteiger charge is -2.17. The van der Waals surface area contributed by atoms with Gasteiger partial charge in [0.2, 0.25) is 5.91 Å². The zero-order valence-electron chi connectivity index (χ0n) is 15.5. The summed E-state index contributed by atoms with van der Waals surface area (Å²) in [5, 5.41) is 4.83. The Kier molecular flexibility index (Phi) is 4.48. The molecule has 1 saturated heterocycles. The van der Waals surface area contributed by atoms with E-state index in [4.69, 9.17) is 16.1 Å². The van der Waals surface area contributed by atoms with Gasteiger partial charge in [0, 0.05) is 35.2 Å². The molecule has 4 rings (SSSR count). The van der Waals surface area contributed by atoms with E-state index in [0.717, 1.165) is 16.8 Å². The lowest BCUT2D eigenvalue weighted by molar-refractivity contribution is -0.117. The molecule has 0 N–H and O–H groups in total. The van der Waals surface area contributed by atoms with Crippen molar-refractivity contribution in [3.05, 3.63) is 63.9 Å². The molecule has 1 aliphatic heterocycles. The molecule has 0 aliphatic carbocycles. The number of anilines is 1. The van der Waals surface area contributed by atoms with Gasteiger partial charge in [-0.1, -0.05) is 22.8 Å². The summed E-state index contributed by atoms with van der Waals surface area (Å²) in [6.07, 6.45) is 0.369. The standard InChI is InChI=1S/C21H20ClN3O2/c1-12-4-5-15(8-13(12)2)21-23-20(24-27-21)16-10-19(26)25(11-16)17-6-7-18(22)14(3)9-17/h4-9,16H,10-11H2,1-3H3. The molecule has 1 aromatic heterocycles. The topological polar surface area (TPSA) is 59.2 Å². The van der Waals surface area contributed by atoms with Crippen LogP contribution in [0.3, 0.4) is 0 Å². The highest BCUT2D eigenvalue weighted by Gasteiger charge is 2.34. The molecule has 1 atom stereocenters. The van der Waals surface area contributed by atoms with E-state index in [-0.39, 0.29) is 11.8 Å². The predicted molar refractivity (Wildman–Crippen MR) is 105 cm³/mol. The van der Waals surface area contributed by atoms with E-state index >= 15 is 0 Å². The van der Waals surface area contributed by atoms with Crippen molar-refractivity contribution in [1.82, 2.24) is 10.1 Å². The maximum atomic E-state index is 12.5. The maximum Gasteiger partial charge on any atom is 0.257 e. The van der Waals surface area contributed by atoms with Crippen molar-refractivity contribution in [3.63, 3.8) is 0 Å². The molecular weight excluding hydrogens is 362 g/mol. The van der Waals surface area contributed by atoms with Gasteiger partial charge in [0.05, 0.1) is 0 Å². The quantitative estimate of drug-likeness (QED) is 0.651. The van der Waals surface area contributed by atoms with Crippen LogP contribution in [-0.4, -0.2) is 22.6 Å². The third-order valence-corrected chi connectivity index (χ3v) is 5.56. The van der Waals surface area contributed by atoms with E-state index in [1.165, 1.54) is 11.1 Å². The molecule has 2 aromatic carbocycles. The highest BCUT2D eigenvalue weighted by atomic mass is 35.5. The van der Waals surface area contributed by atoms with E-state index < -0.39 is 0 Å². The predicted octanol–water partition coefficient (Wildman–Crippen LogP) is 4.84. The van der Waals surface area contributed by atoms with Crippen LogP contribution in [0.25, 0.3) is 11.5 Å². The van der Waals surface area contributed by atoms with Gasteiger partial charge in [0.15, 0.2) is 5.82 Å². The van der Waals surface area contributed by atoms with E-state index in [1.54, 1.807) is 4.90 Å². The summed E-state index contributed by atoms with van der Waals surface area (Å²) in [5.74, 6) is 1.03. The molecule has 1 fully saturated rings. The Morgan fingerprint density at radius 2 is 1.89 bits per heavy atom. The first-order chi connectivity index (χ1) is 12.9. The first kappa shape index (κ1) is 17.7. The summed E-state index contributed by atoms with van der Waals surface area (Å²) >= 11 is 6.09. The van der Waals surface area contributed by atoms with Crippen molar-refractivity contribution in [3.8, 4) is 11.5 Å². The second kappa shape index (κ2) is 6.82. The van der Waals surface area contributed by atoms with Crippen molar-refractivity contribution >= 4 is 23.2 Å². The van der Waals surface area contributed by atoms with Crippen molar-refractivity contribution < 1.29 is 9.32 Å². The summed E-state index contributed by atoms with van der Waals surface area (Å²) in [5.41, 5.74) is 5.08. The fourth-order valence-electron chi connectivity index (χ4n) is 3.32. The summed E-state index contributed by atoms with van der Waals surface area (Å²) in [7, 11) is 0. The number of rotatable bonds is 3. The Bertz CT molecular complexity index is 1030. The Morgan fingerprint density at radius 1 is 1.07 bits per heavy atom. The lowest BCUT2D eigenvalue weighted by atomic mass is 10.1. The van der Waals surface area contributed by atoms with Crippen molar-refractivity contribution in [2.45, 2.75) is 33.1 Å². The summed E-state index contributed by atoms with van der Waals surface area (Å²) in [6, 6.07) is 11.7. The van der Waals surface area contributed by atoms with Gasteiger partial charge in [-0.2, -0.15) is 4.98 Å². The minimum absolute atomic E-state index is 0.0549. The number of carbonyl (C=O) groups is 1. The Hall–Kier alpha value is -2.66. The van der Waals surface area contributed by atoms with E-state index in [2.05, 4.69) is 24.0 Å². The number of amides is 1. The molecule has 5 nitrogen and oxygen atoms in total. The monoisotopic (exact) mass is 381 g/mol. The lowest BCUT2D eigenvalue weighted by Crippen LogP contribution is -2.24. The molecule has 3 aromatic rings. The van der Waals surface area contributed by atoms with Gasteiger partial charge in [0.25, 0.3) is 5.89 Å². The van der Waals surface area contributed by atoms with E-state index in [1.807, 2.05) is 43.3 Å². The molecule has 1 amide bonds. The minimum atomic E-state index is -0.0856. The fourth-order valence-corrected chi connectivity index (χ4v) is 3.44. The van der Waals surface area contributed by atoms with Gasteiger partial charge in [-0.05, 0) is 67.8 Å². The Labute approximate surface area is 163 Å². The number of nitrogens with zero attached hydrogens (tertiary/aromatic N) is 3. The molecule has 1 unspecified atom stereocenters. The van der Waals surface area contributed by atoms with E-state index in [9.17, 15) is 4.79 Å². The molecule has 0 spiro atoms. The second-order valence-electron chi connectivity index (χ2n) is 7.10. The number of benzene rings is 2. The molecule has 0 saturated carbocycles. The third kappa shape index (κ3) is 3.35.